The third-order valence-electron chi connectivity index (χ3n) is 4.51. The number of aromatic nitrogens is 1. The van der Waals surface area contributed by atoms with Crippen LogP contribution in [0.15, 0.2) is 66.7 Å². The van der Waals surface area contributed by atoms with Gasteiger partial charge in [0, 0.05) is 11.1 Å². The van der Waals surface area contributed by atoms with Crippen LogP contribution in [-0.4, -0.2) is 17.6 Å². The first-order valence-corrected chi connectivity index (χ1v) is 8.73. The van der Waals surface area contributed by atoms with Gasteiger partial charge in [-0.2, -0.15) is 0 Å². The minimum atomic E-state index is -0.306. The van der Waals surface area contributed by atoms with Gasteiger partial charge in [0.05, 0.1) is 17.7 Å². The van der Waals surface area contributed by atoms with Crippen molar-refractivity contribution in [1.29, 1.82) is 0 Å². The van der Waals surface area contributed by atoms with Crippen molar-refractivity contribution < 1.29 is 9.53 Å². The van der Waals surface area contributed by atoms with Gasteiger partial charge in [-0.25, -0.2) is 4.79 Å². The van der Waals surface area contributed by atoms with Crippen LogP contribution in [-0.2, 0) is 4.74 Å². The molecule has 4 aromatic rings. The Kier molecular flexibility index (Phi) is 4.13. The maximum absolute atomic E-state index is 12.1. The molecule has 3 aromatic carbocycles. The predicted molar refractivity (Wildman–Crippen MR) is 105 cm³/mol. The van der Waals surface area contributed by atoms with Crippen LogP contribution in [0.2, 0.25) is 0 Å². The summed E-state index contributed by atoms with van der Waals surface area (Å²) < 4.78 is 5.14. The molecule has 128 valence electrons. The number of carbonyl (C=O) groups excluding carboxylic acids is 1. The lowest BCUT2D eigenvalue weighted by molar-refractivity contribution is 0.0526. The van der Waals surface area contributed by atoms with Gasteiger partial charge in [-0.15, -0.1) is 0 Å². The highest BCUT2D eigenvalue weighted by Gasteiger charge is 2.12. The van der Waals surface area contributed by atoms with Gasteiger partial charge in [0.2, 0.25) is 0 Å². The number of ether oxygens (including phenoxy) is 1. The summed E-state index contributed by atoms with van der Waals surface area (Å²) in [4.78, 5) is 16.8. The molecule has 0 saturated heterocycles. The molecule has 0 aliphatic heterocycles. The van der Waals surface area contributed by atoms with Crippen molar-refractivity contribution in [1.82, 2.24) is 4.98 Å². The molecule has 4 rings (SSSR count). The Bertz CT molecular complexity index is 1130. The van der Waals surface area contributed by atoms with E-state index >= 15 is 0 Å². The van der Waals surface area contributed by atoms with E-state index in [1.165, 1.54) is 10.8 Å². The molecule has 1 aromatic heterocycles. The molecule has 0 fully saturated rings. The number of nitrogens with zero attached hydrogens (tertiary/aromatic N) is 1. The SMILES string of the molecule is CCOC(=O)c1ccc2nc(C)cc(-c3ccc4ccccc4c3)c2c1. The van der Waals surface area contributed by atoms with Gasteiger partial charge >= 0.3 is 5.97 Å². The molecule has 0 aliphatic carbocycles. The van der Waals surface area contributed by atoms with Crippen LogP contribution in [0.3, 0.4) is 0 Å². The number of fused-ring (bicyclic) bond motifs is 2. The van der Waals surface area contributed by atoms with Crippen LogP contribution >= 0.6 is 0 Å². The molecular weight excluding hydrogens is 322 g/mol. The summed E-state index contributed by atoms with van der Waals surface area (Å²) in [6.07, 6.45) is 0. The van der Waals surface area contributed by atoms with Crippen LogP contribution in [0.4, 0.5) is 0 Å². The fraction of sp³-hybridized carbons (Fsp3) is 0.130. The third kappa shape index (κ3) is 2.92. The summed E-state index contributed by atoms with van der Waals surface area (Å²) >= 11 is 0. The molecule has 0 saturated carbocycles. The largest absolute Gasteiger partial charge is 0.462 e. The Morgan fingerprint density at radius 3 is 2.58 bits per heavy atom. The zero-order chi connectivity index (χ0) is 18.1. The standard InChI is InChI=1S/C23H19NO2/c1-3-26-23(25)19-10-11-22-21(14-19)20(12-15(2)24-22)18-9-8-16-6-4-5-7-17(16)13-18/h4-14H,3H2,1-2H3. The van der Waals surface area contributed by atoms with E-state index in [1.807, 2.05) is 38.1 Å². The summed E-state index contributed by atoms with van der Waals surface area (Å²) in [6, 6.07) is 22.3. The molecule has 0 unspecified atom stereocenters. The first-order valence-electron chi connectivity index (χ1n) is 8.73. The van der Waals surface area contributed by atoms with Crippen LogP contribution < -0.4 is 0 Å². The zero-order valence-corrected chi connectivity index (χ0v) is 14.8. The maximum atomic E-state index is 12.1. The average Bonchev–Trinajstić information content (AvgIpc) is 2.66. The van der Waals surface area contributed by atoms with Gasteiger partial charge < -0.3 is 4.74 Å². The van der Waals surface area contributed by atoms with Gasteiger partial charge in [0.25, 0.3) is 0 Å². The highest BCUT2D eigenvalue weighted by molar-refractivity contribution is 6.01. The molecule has 0 amide bonds. The lowest BCUT2D eigenvalue weighted by atomic mass is 9.96. The zero-order valence-electron chi connectivity index (χ0n) is 14.8. The molecule has 26 heavy (non-hydrogen) atoms. The molecule has 0 aliphatic rings. The van der Waals surface area contributed by atoms with E-state index in [9.17, 15) is 4.79 Å². The number of hydrogen-bond acceptors (Lipinski definition) is 3. The number of rotatable bonds is 3. The topological polar surface area (TPSA) is 39.2 Å². The molecule has 1 heterocycles. The molecule has 3 heteroatoms. The molecule has 0 N–H and O–H groups in total. The molecule has 0 radical (unpaired) electrons. The van der Waals surface area contributed by atoms with Gasteiger partial charge in [0.1, 0.15) is 0 Å². The second kappa shape index (κ2) is 6.60. The molecule has 3 nitrogen and oxygen atoms in total. The minimum absolute atomic E-state index is 0.306. The minimum Gasteiger partial charge on any atom is -0.462 e. The number of benzene rings is 3. The van der Waals surface area contributed by atoms with Crippen LogP contribution in [0.1, 0.15) is 23.0 Å². The van der Waals surface area contributed by atoms with Gasteiger partial charge in [-0.1, -0.05) is 36.4 Å². The quantitative estimate of drug-likeness (QED) is 0.459. The second-order valence-electron chi connectivity index (χ2n) is 6.33. The fourth-order valence-electron chi connectivity index (χ4n) is 3.30. The van der Waals surface area contributed by atoms with Crippen molar-refractivity contribution in [3.63, 3.8) is 0 Å². The summed E-state index contributed by atoms with van der Waals surface area (Å²) in [7, 11) is 0. The Balaban J connectivity index is 1.94. The number of hydrogen-bond donors (Lipinski definition) is 0. The molecular formula is C23H19NO2. The number of pyridine rings is 1. The van der Waals surface area contributed by atoms with Crippen molar-refractivity contribution in [2.45, 2.75) is 13.8 Å². The van der Waals surface area contributed by atoms with E-state index in [0.717, 1.165) is 27.7 Å². The summed E-state index contributed by atoms with van der Waals surface area (Å²) in [5, 5.41) is 3.35. The smallest absolute Gasteiger partial charge is 0.338 e. The van der Waals surface area contributed by atoms with Gasteiger partial charge in [-0.3, -0.25) is 4.98 Å². The Morgan fingerprint density at radius 1 is 0.962 bits per heavy atom. The number of esters is 1. The van der Waals surface area contributed by atoms with Crippen molar-refractivity contribution >= 4 is 27.6 Å². The fourth-order valence-corrected chi connectivity index (χ4v) is 3.30. The Morgan fingerprint density at radius 2 is 1.77 bits per heavy atom. The van der Waals surface area contributed by atoms with E-state index in [-0.39, 0.29) is 5.97 Å². The van der Waals surface area contributed by atoms with Gasteiger partial charge in [-0.05, 0) is 66.1 Å². The normalized spacial score (nSPS) is 11.0. The first kappa shape index (κ1) is 16.3. The lowest BCUT2D eigenvalue weighted by Gasteiger charge is -2.11. The molecule has 0 atom stereocenters. The van der Waals surface area contributed by atoms with E-state index in [0.29, 0.717) is 12.2 Å². The van der Waals surface area contributed by atoms with Gasteiger partial charge in [0.15, 0.2) is 0 Å². The van der Waals surface area contributed by atoms with Crippen LogP contribution in [0.25, 0.3) is 32.8 Å². The van der Waals surface area contributed by atoms with E-state index in [2.05, 4.69) is 41.4 Å². The van der Waals surface area contributed by atoms with E-state index < -0.39 is 0 Å². The maximum Gasteiger partial charge on any atom is 0.338 e. The monoisotopic (exact) mass is 341 g/mol. The van der Waals surface area contributed by atoms with Crippen molar-refractivity contribution in [2.75, 3.05) is 6.61 Å². The van der Waals surface area contributed by atoms with Crippen molar-refractivity contribution in [3.8, 4) is 11.1 Å². The predicted octanol–water partition coefficient (Wildman–Crippen LogP) is 5.54. The Labute approximate surface area is 152 Å². The second-order valence-corrected chi connectivity index (χ2v) is 6.33. The van der Waals surface area contributed by atoms with Crippen LogP contribution in [0, 0.1) is 6.92 Å². The first-order chi connectivity index (χ1) is 12.7. The summed E-state index contributed by atoms with van der Waals surface area (Å²) in [5.74, 6) is -0.306. The van der Waals surface area contributed by atoms with E-state index in [1.54, 1.807) is 6.07 Å². The highest BCUT2D eigenvalue weighted by Crippen LogP contribution is 2.31. The summed E-state index contributed by atoms with van der Waals surface area (Å²) in [5.41, 5.74) is 4.56. The average molecular weight is 341 g/mol. The third-order valence-corrected chi connectivity index (χ3v) is 4.51. The molecule has 0 bridgehead atoms. The van der Waals surface area contributed by atoms with E-state index in [4.69, 9.17) is 4.74 Å². The Hall–Kier alpha value is -3.20. The number of aryl methyl sites for hydroxylation is 1. The van der Waals surface area contributed by atoms with Crippen molar-refractivity contribution in [2.24, 2.45) is 0 Å². The summed E-state index contributed by atoms with van der Waals surface area (Å²) in [6.45, 7) is 4.16. The molecule has 0 spiro atoms. The number of carbonyl (C=O) groups is 1. The van der Waals surface area contributed by atoms with Crippen LogP contribution in [0.5, 0.6) is 0 Å². The lowest BCUT2D eigenvalue weighted by Crippen LogP contribution is -2.04. The van der Waals surface area contributed by atoms with Crippen molar-refractivity contribution in [3.05, 3.63) is 78.0 Å². The highest BCUT2D eigenvalue weighted by atomic mass is 16.5.